The molecule has 0 unspecified atom stereocenters. The van der Waals surface area contributed by atoms with E-state index in [1.54, 1.807) is 0 Å². The van der Waals surface area contributed by atoms with Gasteiger partial charge in [0.2, 0.25) is 0 Å². The van der Waals surface area contributed by atoms with Crippen LogP contribution in [-0.2, 0) is 38.4 Å². The largest absolute Gasteiger partial charge is 2.00 e. The van der Waals surface area contributed by atoms with Crippen LogP contribution in [-0.4, -0.2) is 20.3 Å². The zero-order valence-corrected chi connectivity index (χ0v) is 37.4. The van der Waals surface area contributed by atoms with Gasteiger partial charge in [-0.15, -0.1) is 45.8 Å². The Labute approximate surface area is 367 Å². The summed E-state index contributed by atoms with van der Waals surface area (Å²) in [7, 11) is 0. The van der Waals surface area contributed by atoms with Crippen molar-refractivity contribution in [3.05, 3.63) is 196 Å². The van der Waals surface area contributed by atoms with E-state index in [1.165, 1.54) is 49.7 Å². The Morgan fingerprint density at radius 3 is 2.27 bits per heavy atom. The molecule has 0 spiro atoms. The summed E-state index contributed by atoms with van der Waals surface area (Å²) < 4.78 is 2.31. The van der Waals surface area contributed by atoms with Gasteiger partial charge in [-0.05, 0) is 74.0 Å². The second-order valence-electron chi connectivity index (χ2n) is 18.2. The molecule has 3 aliphatic rings. The van der Waals surface area contributed by atoms with Gasteiger partial charge >= 0.3 is 21.1 Å². The number of hydrogen-bond donors (Lipinski definition) is 0. The first kappa shape index (κ1) is 38.4. The van der Waals surface area contributed by atoms with Gasteiger partial charge in [0.25, 0.3) is 0 Å². The van der Waals surface area contributed by atoms with E-state index in [4.69, 9.17) is 9.98 Å². The van der Waals surface area contributed by atoms with Gasteiger partial charge in [-0.25, -0.2) is 4.98 Å². The third-order valence-electron chi connectivity index (χ3n) is 13.2. The maximum Gasteiger partial charge on any atom is 2.00 e. The number of benzene rings is 6. The van der Waals surface area contributed by atoms with Crippen molar-refractivity contribution in [2.45, 2.75) is 77.9 Å². The third-order valence-corrected chi connectivity index (χ3v) is 13.2. The van der Waals surface area contributed by atoms with Crippen molar-refractivity contribution in [2.75, 3.05) is 4.90 Å². The molecule has 6 aromatic carbocycles. The van der Waals surface area contributed by atoms with Crippen molar-refractivity contribution in [3.8, 4) is 5.82 Å². The second kappa shape index (κ2) is 13.9. The van der Waals surface area contributed by atoms with Gasteiger partial charge in [0.15, 0.2) is 0 Å². The van der Waals surface area contributed by atoms with Crippen LogP contribution in [0.5, 0.6) is 0 Å². The molecule has 2 aromatic heterocycles. The monoisotopic (exact) mass is 960 g/mol. The smallest absolute Gasteiger partial charge is 0.383 e. The number of pyridine rings is 1. The molecule has 298 valence electrons. The number of amidine groups is 1. The van der Waals surface area contributed by atoms with Crippen LogP contribution < -0.4 is 4.90 Å². The summed E-state index contributed by atoms with van der Waals surface area (Å²) in [6.45, 7) is 16.7. The Morgan fingerprint density at radius 1 is 0.717 bits per heavy atom. The Morgan fingerprint density at radius 2 is 1.45 bits per heavy atom. The predicted molar refractivity (Wildman–Crippen MR) is 242 cm³/mol. The minimum Gasteiger partial charge on any atom is -0.383 e. The number of fused-ring (bicyclic) bond motifs is 8. The molecule has 5 nitrogen and oxygen atoms in total. The topological polar surface area (TPSA) is 36.7 Å². The summed E-state index contributed by atoms with van der Waals surface area (Å²) in [5, 5.41) is 2.37. The minimum atomic E-state index is -0.296. The van der Waals surface area contributed by atoms with Gasteiger partial charge in [0, 0.05) is 29.8 Å². The van der Waals surface area contributed by atoms with Gasteiger partial charge in [0.1, 0.15) is 5.82 Å². The molecule has 0 aliphatic carbocycles. The van der Waals surface area contributed by atoms with E-state index in [0.29, 0.717) is 0 Å². The van der Waals surface area contributed by atoms with Crippen molar-refractivity contribution in [3.63, 3.8) is 0 Å². The van der Waals surface area contributed by atoms with E-state index >= 15 is 0 Å². The predicted octanol–water partition coefficient (Wildman–Crippen LogP) is 12.9. The molecule has 8 aromatic rings. The summed E-state index contributed by atoms with van der Waals surface area (Å²) in [6.07, 6.45) is 1.95. The molecule has 3 aliphatic heterocycles. The Kier molecular flexibility index (Phi) is 8.90. The number of nitrogens with zero attached hydrogens (tertiary/aromatic N) is 5. The molecular formula is C54H47N5Pt. The van der Waals surface area contributed by atoms with Gasteiger partial charge in [-0.1, -0.05) is 151 Å². The zero-order chi connectivity index (χ0) is 40.4. The molecule has 60 heavy (non-hydrogen) atoms. The van der Waals surface area contributed by atoms with Crippen LogP contribution >= 0.6 is 0 Å². The average Bonchev–Trinajstić information content (AvgIpc) is 3.90. The molecule has 0 saturated carbocycles. The normalized spacial score (nSPS) is 17.6. The van der Waals surface area contributed by atoms with Crippen LogP contribution in [0.25, 0.3) is 27.6 Å². The van der Waals surface area contributed by atoms with Crippen molar-refractivity contribution in [1.82, 2.24) is 14.5 Å². The van der Waals surface area contributed by atoms with Crippen LogP contribution in [0.15, 0.2) is 139 Å². The standard InChI is InChI=1S/C54H47N5.Pt/c1-33-27-34(2)46(30-40(33)52-56-50(35-17-9-8-10-18-35)51-38-20-12-11-19-36(38)32-57(51)52)58-45-24-16-14-22-42(45)54(6,7)43-29-41-39-21-13-15-23-44(39)59(47(41)31-48(43)58)49-28-37(25-26-55-49)53(3,4)5;/h8-29,50-51H,32H2,1-7H3;/q-2;+2/t50-,51+;/m1./s1. The molecule has 6 heteroatoms. The first-order valence-corrected chi connectivity index (χ1v) is 20.9. The molecule has 0 fully saturated rings. The molecule has 2 atom stereocenters. The van der Waals surface area contributed by atoms with Crippen molar-refractivity contribution in [1.29, 1.82) is 0 Å². The Hall–Kier alpha value is -5.77. The van der Waals surface area contributed by atoms with Crippen molar-refractivity contribution >= 4 is 44.7 Å². The molecule has 0 saturated heterocycles. The van der Waals surface area contributed by atoms with Crippen molar-refractivity contribution < 1.29 is 21.1 Å². The number of para-hydroxylation sites is 2. The van der Waals surface area contributed by atoms with E-state index in [2.05, 4.69) is 202 Å². The molecule has 0 radical (unpaired) electrons. The quantitative estimate of drug-likeness (QED) is 0.165. The van der Waals surface area contributed by atoms with Gasteiger partial charge in [-0.3, -0.25) is 0 Å². The maximum absolute atomic E-state index is 5.61. The summed E-state index contributed by atoms with van der Waals surface area (Å²) in [5.74, 6) is 1.91. The van der Waals surface area contributed by atoms with Crippen LogP contribution in [0.2, 0.25) is 0 Å². The summed E-state index contributed by atoms with van der Waals surface area (Å²) >= 11 is 0. The molecular weight excluding hydrogens is 914 g/mol. The number of hydrogen-bond acceptors (Lipinski definition) is 4. The number of aromatic nitrogens is 2. The van der Waals surface area contributed by atoms with E-state index in [0.717, 1.165) is 57.4 Å². The Balaban J connectivity index is 0.00000433. The average molecular weight is 961 g/mol. The summed E-state index contributed by atoms with van der Waals surface area (Å²) in [6, 6.07) is 54.7. The van der Waals surface area contributed by atoms with Gasteiger partial charge in [0.05, 0.1) is 12.1 Å². The first-order chi connectivity index (χ1) is 28.5. The Bertz CT molecular complexity index is 3040. The van der Waals surface area contributed by atoms with E-state index < -0.39 is 0 Å². The maximum atomic E-state index is 5.61. The third kappa shape index (κ3) is 5.69. The number of rotatable bonds is 4. The van der Waals surface area contributed by atoms with E-state index in [-0.39, 0.29) is 44.0 Å². The van der Waals surface area contributed by atoms with E-state index in [1.807, 2.05) is 6.20 Å². The first-order valence-electron chi connectivity index (χ1n) is 20.9. The van der Waals surface area contributed by atoms with Crippen molar-refractivity contribution in [2.24, 2.45) is 4.99 Å². The molecule has 0 amide bonds. The van der Waals surface area contributed by atoms with Crippen LogP contribution in [0.1, 0.15) is 96.8 Å². The minimum absolute atomic E-state index is 0. The van der Waals surface area contributed by atoms with Crippen LogP contribution in [0.4, 0.5) is 17.1 Å². The molecule has 5 heterocycles. The molecule has 0 N–H and O–H groups in total. The SMILES string of the molecule is Cc1cc(C)c(N2c3[c-]c4c(cc3C(C)(C)c3ccccc32)c2ccccc2n4-c2cc(C(C)(C)C)ccn2)[c-]c1C1=N[C@H](c2ccccc2)[C@@H]2c3ccccc3CN12.[Pt+2]. The zero-order valence-electron chi connectivity index (χ0n) is 35.1. The van der Waals surface area contributed by atoms with Crippen LogP contribution in [0, 0.1) is 26.0 Å². The van der Waals surface area contributed by atoms with Crippen LogP contribution in [0.3, 0.4) is 0 Å². The van der Waals surface area contributed by atoms with Gasteiger partial charge in [-0.2, -0.15) is 6.07 Å². The fraction of sp³-hybridized carbons (Fsp3) is 0.222. The second-order valence-corrected chi connectivity index (χ2v) is 18.2. The fourth-order valence-corrected chi connectivity index (χ4v) is 10.1. The molecule has 0 bridgehead atoms. The van der Waals surface area contributed by atoms with E-state index in [9.17, 15) is 0 Å². The summed E-state index contributed by atoms with van der Waals surface area (Å²) in [5.41, 5.74) is 16.1. The fourth-order valence-electron chi connectivity index (χ4n) is 10.1. The molecule has 11 rings (SSSR count). The number of aryl methyl sites for hydroxylation is 2. The van der Waals surface area contributed by atoms with Gasteiger partial charge < -0.3 is 19.4 Å². The number of aliphatic imine (C=N–C) groups is 1. The number of anilines is 3. The summed E-state index contributed by atoms with van der Waals surface area (Å²) in [4.78, 5) is 15.6.